The largest absolute Gasteiger partial charge is 0.474 e. The van der Waals surface area contributed by atoms with Gasteiger partial charge in [-0.05, 0) is 86.9 Å². The van der Waals surface area contributed by atoms with Crippen molar-refractivity contribution in [2.45, 2.75) is 61.8 Å². The second kappa shape index (κ2) is 11.7. The third kappa shape index (κ3) is 5.95. The summed E-state index contributed by atoms with van der Waals surface area (Å²) in [5.41, 5.74) is -0.742. The number of benzene rings is 1. The van der Waals surface area contributed by atoms with Gasteiger partial charge in [-0.25, -0.2) is 0 Å². The number of nitrogens with zero attached hydrogens (tertiary/aromatic N) is 2. The number of hydrogen-bond acceptors (Lipinski definition) is 7. The van der Waals surface area contributed by atoms with Gasteiger partial charge in [0.2, 0.25) is 11.7 Å². The predicted molar refractivity (Wildman–Crippen MR) is 151 cm³/mol. The maximum Gasteiger partial charge on any atom is 0.291 e. The fraction of sp³-hybridized carbons (Fsp3) is 0.621. The van der Waals surface area contributed by atoms with Crippen LogP contribution in [-0.4, -0.2) is 60.7 Å². The average molecular weight is 575 g/mol. The van der Waals surface area contributed by atoms with Crippen LogP contribution in [0.4, 0.5) is 0 Å². The number of aromatic nitrogens is 1. The molecule has 0 unspecified atom stereocenters. The van der Waals surface area contributed by atoms with E-state index in [1.165, 1.54) is 43.9 Å². The normalized spacial score (nSPS) is 27.6. The number of piperazine rings is 1. The first-order valence-electron chi connectivity index (χ1n) is 14.0. The molecular weight excluding hydrogens is 536 g/mol. The zero-order valence-electron chi connectivity index (χ0n) is 22.7. The summed E-state index contributed by atoms with van der Waals surface area (Å²) in [6.07, 6.45) is 6.28. The molecule has 1 aliphatic heterocycles. The van der Waals surface area contributed by atoms with Gasteiger partial charge in [0.15, 0.2) is 0 Å². The Morgan fingerprint density at radius 3 is 2.36 bits per heavy atom. The first kappa shape index (κ1) is 28.3. The molecule has 2 aromatic rings. The van der Waals surface area contributed by atoms with E-state index >= 15 is 0 Å². The van der Waals surface area contributed by atoms with E-state index in [0.717, 1.165) is 29.8 Å². The molecule has 2 amide bonds. The van der Waals surface area contributed by atoms with E-state index < -0.39 is 5.41 Å². The summed E-state index contributed by atoms with van der Waals surface area (Å²) in [7, 11) is 0. The highest BCUT2D eigenvalue weighted by Crippen LogP contribution is 2.53. The molecule has 5 fully saturated rings. The van der Waals surface area contributed by atoms with Crippen LogP contribution in [0.15, 0.2) is 44.6 Å². The third-order valence-corrected chi connectivity index (χ3v) is 9.94. The minimum Gasteiger partial charge on any atom is -0.474 e. The first-order chi connectivity index (χ1) is 18.4. The molecular formula is C29H39ClN4O4S. The Morgan fingerprint density at radius 1 is 1.08 bits per heavy atom. The van der Waals surface area contributed by atoms with Crippen molar-refractivity contribution in [3.8, 4) is 5.88 Å². The Labute approximate surface area is 240 Å². The molecule has 0 radical (unpaired) electrons. The molecule has 39 heavy (non-hydrogen) atoms. The van der Waals surface area contributed by atoms with Crippen molar-refractivity contribution in [1.29, 1.82) is 0 Å². The molecule has 2 N–H and O–H groups in total. The molecule has 212 valence electrons. The van der Waals surface area contributed by atoms with Crippen molar-refractivity contribution >= 4 is 36.0 Å². The lowest BCUT2D eigenvalue weighted by Crippen LogP contribution is -2.55. The third-order valence-electron chi connectivity index (χ3n) is 8.87. The van der Waals surface area contributed by atoms with Gasteiger partial charge in [0.25, 0.3) is 11.8 Å². The Bertz CT molecular complexity index is 1140. The lowest BCUT2D eigenvalue weighted by atomic mass is 9.54. The van der Waals surface area contributed by atoms with Crippen LogP contribution in [0.5, 0.6) is 5.88 Å². The van der Waals surface area contributed by atoms with Gasteiger partial charge in [-0.2, -0.15) is 0 Å². The van der Waals surface area contributed by atoms with E-state index in [9.17, 15) is 9.59 Å². The molecule has 7 rings (SSSR count). The topological polar surface area (TPSA) is 96.7 Å². The van der Waals surface area contributed by atoms with Crippen molar-refractivity contribution in [1.82, 2.24) is 20.7 Å². The first-order valence-corrected chi connectivity index (χ1v) is 14.9. The van der Waals surface area contributed by atoms with Gasteiger partial charge in [0.05, 0.1) is 5.41 Å². The molecule has 10 heteroatoms. The van der Waals surface area contributed by atoms with Gasteiger partial charge < -0.3 is 24.8 Å². The number of rotatable bonds is 8. The summed E-state index contributed by atoms with van der Waals surface area (Å²) in [4.78, 5) is 30.2. The van der Waals surface area contributed by atoms with E-state index in [2.05, 4.69) is 15.8 Å². The monoisotopic (exact) mass is 574 g/mol. The van der Waals surface area contributed by atoms with Gasteiger partial charge in [-0.3, -0.25) is 9.59 Å². The highest BCUT2D eigenvalue weighted by Gasteiger charge is 2.49. The molecule has 8 nitrogen and oxygen atoms in total. The Balaban J connectivity index is 0.00000308. The Kier molecular flexibility index (Phi) is 8.50. The van der Waals surface area contributed by atoms with Crippen LogP contribution in [0.2, 0.25) is 0 Å². The van der Waals surface area contributed by atoms with Crippen LogP contribution < -0.4 is 15.4 Å². The van der Waals surface area contributed by atoms with Crippen molar-refractivity contribution in [3.63, 3.8) is 0 Å². The minimum absolute atomic E-state index is 0. The molecule has 4 bridgehead atoms. The minimum atomic E-state index is -0.742. The van der Waals surface area contributed by atoms with E-state index in [-0.39, 0.29) is 48.5 Å². The highest BCUT2D eigenvalue weighted by molar-refractivity contribution is 7.99. The molecule has 4 aliphatic carbocycles. The van der Waals surface area contributed by atoms with Gasteiger partial charge in [-0.15, -0.1) is 12.4 Å². The van der Waals surface area contributed by atoms with Crippen molar-refractivity contribution < 1.29 is 18.8 Å². The maximum atomic E-state index is 13.6. The summed E-state index contributed by atoms with van der Waals surface area (Å²) < 4.78 is 11.8. The van der Waals surface area contributed by atoms with Gasteiger partial charge in [0.1, 0.15) is 11.5 Å². The highest BCUT2D eigenvalue weighted by atomic mass is 35.5. The second-order valence-electron chi connectivity index (χ2n) is 12.2. The van der Waals surface area contributed by atoms with Crippen LogP contribution in [0.3, 0.4) is 0 Å². The number of amides is 2. The average Bonchev–Trinajstić information content (AvgIpc) is 3.32. The van der Waals surface area contributed by atoms with E-state index in [1.807, 2.05) is 49.1 Å². The zero-order chi connectivity index (χ0) is 26.3. The molecule has 5 aliphatic rings. The number of carbonyl (C=O) groups excluding carboxylic acids is 2. The number of ether oxygens (including phenoxy) is 1. The van der Waals surface area contributed by atoms with Crippen LogP contribution in [-0.2, 0) is 4.79 Å². The number of halogens is 1. The zero-order valence-corrected chi connectivity index (χ0v) is 24.3. The smallest absolute Gasteiger partial charge is 0.291 e. The van der Waals surface area contributed by atoms with Crippen LogP contribution >= 0.6 is 24.2 Å². The van der Waals surface area contributed by atoms with Crippen molar-refractivity contribution in [2.24, 2.45) is 29.1 Å². The summed E-state index contributed by atoms with van der Waals surface area (Å²) in [6.45, 7) is 6.90. The SMILES string of the molecule is CC(C)(COc1noc(C(=O)NC2C3CC4CC(C3)CC2C4)c1Sc1ccccc1)C(=O)N1CCNCC1.Cl. The molecule has 4 saturated carbocycles. The molecule has 1 saturated heterocycles. The summed E-state index contributed by atoms with van der Waals surface area (Å²) >= 11 is 1.41. The second-order valence-corrected chi connectivity index (χ2v) is 13.3. The molecule has 2 heterocycles. The summed E-state index contributed by atoms with van der Waals surface area (Å²) in [6, 6.07) is 10.0. The molecule has 0 spiro atoms. The number of hydrogen-bond donors (Lipinski definition) is 2. The van der Waals surface area contributed by atoms with Gasteiger partial charge in [-0.1, -0.05) is 30.0 Å². The fourth-order valence-electron chi connectivity index (χ4n) is 7.18. The quantitative estimate of drug-likeness (QED) is 0.474. The van der Waals surface area contributed by atoms with Gasteiger partial charge in [0, 0.05) is 37.1 Å². The summed E-state index contributed by atoms with van der Waals surface area (Å²) in [5.74, 6) is 3.09. The lowest BCUT2D eigenvalue weighted by molar-refractivity contribution is -0.142. The predicted octanol–water partition coefficient (Wildman–Crippen LogP) is 4.64. The molecule has 0 atom stereocenters. The van der Waals surface area contributed by atoms with Crippen LogP contribution in [0, 0.1) is 29.1 Å². The molecule has 1 aromatic carbocycles. The fourth-order valence-corrected chi connectivity index (χ4v) is 8.12. The Morgan fingerprint density at radius 2 is 1.72 bits per heavy atom. The lowest BCUT2D eigenvalue weighted by Gasteiger charge is -2.54. The Hall–Kier alpha value is -2.23. The van der Waals surface area contributed by atoms with Crippen LogP contribution in [0.25, 0.3) is 0 Å². The number of nitrogens with one attached hydrogen (secondary N) is 2. The summed E-state index contributed by atoms with van der Waals surface area (Å²) in [5, 5.41) is 10.8. The van der Waals surface area contributed by atoms with Crippen LogP contribution in [0.1, 0.15) is 56.5 Å². The van der Waals surface area contributed by atoms with Gasteiger partial charge >= 0.3 is 0 Å². The van der Waals surface area contributed by atoms with Crippen molar-refractivity contribution in [3.05, 3.63) is 36.1 Å². The van der Waals surface area contributed by atoms with E-state index in [1.54, 1.807) is 0 Å². The van der Waals surface area contributed by atoms with E-state index in [4.69, 9.17) is 9.26 Å². The van der Waals surface area contributed by atoms with Crippen molar-refractivity contribution in [2.75, 3.05) is 32.8 Å². The standard InChI is InChI=1S/C29H38N4O4S.ClH/c1-29(2,28(35)33-10-8-30-9-11-33)17-36-27-25(38-22-6-4-3-5-7-22)24(37-32-27)26(34)31-23-20-13-18-12-19(15-20)16-21(23)14-18;/h3-7,18-21,23,30H,8-17H2,1-2H3,(H,31,34);1H. The number of carbonyl (C=O) groups is 2. The molecule has 1 aromatic heterocycles. The van der Waals surface area contributed by atoms with E-state index in [0.29, 0.717) is 29.8 Å². The maximum absolute atomic E-state index is 13.6.